The van der Waals surface area contributed by atoms with Crippen LogP contribution in [0, 0.1) is 0 Å². The second kappa shape index (κ2) is 10.6. The standard InChI is InChI=1S/C12H22O4/c1-14-11(13)9-7-5-4-6-8-10-12(15-2)16-3/h6,8,12H,4-5,7,9-10H2,1-3H3. The number of methoxy groups -OCH3 is 3. The van der Waals surface area contributed by atoms with E-state index >= 15 is 0 Å². The molecule has 0 amide bonds. The molecule has 0 radical (unpaired) electrons. The van der Waals surface area contributed by atoms with Crippen molar-refractivity contribution in [3.8, 4) is 0 Å². The van der Waals surface area contributed by atoms with E-state index < -0.39 is 0 Å². The maximum absolute atomic E-state index is 10.8. The number of unbranched alkanes of at least 4 members (excludes halogenated alkanes) is 2. The van der Waals surface area contributed by atoms with Gasteiger partial charge in [0.15, 0.2) is 6.29 Å². The van der Waals surface area contributed by atoms with Crippen molar-refractivity contribution in [2.75, 3.05) is 21.3 Å². The van der Waals surface area contributed by atoms with Crippen LogP contribution < -0.4 is 0 Å². The van der Waals surface area contributed by atoms with E-state index in [2.05, 4.69) is 10.8 Å². The second-order valence-electron chi connectivity index (χ2n) is 3.43. The lowest BCUT2D eigenvalue weighted by atomic mass is 10.2. The molecule has 0 spiro atoms. The highest BCUT2D eigenvalue weighted by Gasteiger charge is 2.00. The first-order valence-electron chi connectivity index (χ1n) is 5.52. The summed E-state index contributed by atoms with van der Waals surface area (Å²) in [5.41, 5.74) is 0. The molecule has 4 heteroatoms. The molecule has 0 saturated carbocycles. The van der Waals surface area contributed by atoms with Crippen LogP contribution in [0.5, 0.6) is 0 Å². The molecule has 0 aromatic heterocycles. The Morgan fingerprint density at radius 3 is 2.38 bits per heavy atom. The molecular formula is C12H22O4. The Bertz CT molecular complexity index is 197. The molecule has 0 aliphatic carbocycles. The van der Waals surface area contributed by atoms with E-state index in [0.29, 0.717) is 6.42 Å². The molecule has 16 heavy (non-hydrogen) atoms. The predicted molar refractivity (Wildman–Crippen MR) is 62.0 cm³/mol. The van der Waals surface area contributed by atoms with Crippen LogP contribution in [0.4, 0.5) is 0 Å². The number of allylic oxidation sites excluding steroid dienone is 1. The van der Waals surface area contributed by atoms with Gasteiger partial charge in [-0.15, -0.1) is 0 Å². The quantitative estimate of drug-likeness (QED) is 0.264. The zero-order chi connectivity index (χ0) is 12.2. The van der Waals surface area contributed by atoms with Gasteiger partial charge in [-0.3, -0.25) is 4.79 Å². The van der Waals surface area contributed by atoms with Crippen LogP contribution in [-0.4, -0.2) is 33.6 Å². The lowest BCUT2D eigenvalue weighted by Gasteiger charge is -2.09. The van der Waals surface area contributed by atoms with Gasteiger partial charge in [0.1, 0.15) is 0 Å². The normalized spacial score (nSPS) is 11.2. The van der Waals surface area contributed by atoms with Gasteiger partial charge in [-0.25, -0.2) is 0 Å². The third kappa shape index (κ3) is 8.44. The van der Waals surface area contributed by atoms with Crippen molar-refractivity contribution in [1.29, 1.82) is 0 Å². The molecular weight excluding hydrogens is 208 g/mol. The zero-order valence-electron chi connectivity index (χ0n) is 10.4. The molecule has 0 bridgehead atoms. The summed E-state index contributed by atoms with van der Waals surface area (Å²) in [6.45, 7) is 0. The molecule has 0 aromatic carbocycles. The van der Waals surface area contributed by atoms with Gasteiger partial charge in [0.2, 0.25) is 0 Å². The van der Waals surface area contributed by atoms with Crippen LogP contribution in [0.15, 0.2) is 12.2 Å². The number of hydrogen-bond acceptors (Lipinski definition) is 4. The molecule has 0 unspecified atom stereocenters. The molecule has 0 aromatic rings. The summed E-state index contributed by atoms with van der Waals surface area (Å²) in [5.74, 6) is -0.136. The van der Waals surface area contributed by atoms with E-state index in [9.17, 15) is 4.79 Å². The maximum Gasteiger partial charge on any atom is 0.305 e. The van der Waals surface area contributed by atoms with Gasteiger partial charge < -0.3 is 14.2 Å². The van der Waals surface area contributed by atoms with Crippen LogP contribution in [0.25, 0.3) is 0 Å². The average Bonchev–Trinajstić information content (AvgIpc) is 2.32. The molecule has 0 fully saturated rings. The summed E-state index contributed by atoms with van der Waals surface area (Å²) in [5, 5.41) is 0. The van der Waals surface area contributed by atoms with Gasteiger partial charge in [0.25, 0.3) is 0 Å². The summed E-state index contributed by atoms with van der Waals surface area (Å²) in [6.07, 6.45) is 8.06. The van der Waals surface area contributed by atoms with Crippen molar-refractivity contribution in [2.24, 2.45) is 0 Å². The number of esters is 1. The highest BCUT2D eigenvalue weighted by Crippen LogP contribution is 2.04. The zero-order valence-corrected chi connectivity index (χ0v) is 10.4. The Morgan fingerprint density at radius 1 is 1.12 bits per heavy atom. The van der Waals surface area contributed by atoms with E-state index in [-0.39, 0.29) is 12.3 Å². The van der Waals surface area contributed by atoms with Gasteiger partial charge >= 0.3 is 5.97 Å². The summed E-state index contributed by atoms with van der Waals surface area (Å²) in [4.78, 5) is 10.8. The minimum absolute atomic E-state index is 0.136. The van der Waals surface area contributed by atoms with Crippen LogP contribution in [-0.2, 0) is 19.0 Å². The lowest BCUT2D eigenvalue weighted by molar-refractivity contribution is -0.140. The van der Waals surface area contributed by atoms with Crippen molar-refractivity contribution in [2.45, 2.75) is 38.4 Å². The Morgan fingerprint density at radius 2 is 1.81 bits per heavy atom. The molecule has 0 saturated heterocycles. The Balaban J connectivity index is 3.37. The van der Waals surface area contributed by atoms with Gasteiger partial charge in [0, 0.05) is 27.1 Å². The fourth-order valence-electron chi connectivity index (χ4n) is 1.25. The average molecular weight is 230 g/mol. The number of carbonyl (C=O) groups excluding carboxylic acids is 1. The smallest absolute Gasteiger partial charge is 0.305 e. The fraction of sp³-hybridized carbons (Fsp3) is 0.750. The first-order valence-corrected chi connectivity index (χ1v) is 5.52. The molecule has 0 N–H and O–H groups in total. The molecule has 94 valence electrons. The first-order chi connectivity index (χ1) is 7.74. The van der Waals surface area contributed by atoms with Crippen molar-refractivity contribution >= 4 is 5.97 Å². The summed E-state index contributed by atoms with van der Waals surface area (Å²) < 4.78 is 14.6. The highest BCUT2D eigenvalue weighted by atomic mass is 16.7. The lowest BCUT2D eigenvalue weighted by Crippen LogP contribution is -2.10. The Hall–Kier alpha value is -0.870. The summed E-state index contributed by atoms with van der Waals surface area (Å²) >= 11 is 0. The van der Waals surface area contributed by atoms with E-state index in [1.165, 1.54) is 7.11 Å². The van der Waals surface area contributed by atoms with Crippen molar-refractivity contribution in [3.63, 3.8) is 0 Å². The van der Waals surface area contributed by atoms with Gasteiger partial charge in [-0.2, -0.15) is 0 Å². The predicted octanol–water partition coefficient (Wildman–Crippen LogP) is 2.29. The van der Waals surface area contributed by atoms with Crippen LogP contribution in [0.2, 0.25) is 0 Å². The SMILES string of the molecule is COC(=O)CCCCC=CCC(OC)OC. The van der Waals surface area contributed by atoms with Crippen LogP contribution in [0.1, 0.15) is 32.1 Å². The van der Waals surface area contributed by atoms with Crippen molar-refractivity contribution in [3.05, 3.63) is 12.2 Å². The largest absolute Gasteiger partial charge is 0.469 e. The van der Waals surface area contributed by atoms with Crippen LogP contribution in [0.3, 0.4) is 0 Å². The second-order valence-corrected chi connectivity index (χ2v) is 3.43. The van der Waals surface area contributed by atoms with E-state index in [1.54, 1.807) is 14.2 Å². The van der Waals surface area contributed by atoms with Gasteiger partial charge in [-0.05, 0) is 19.3 Å². The van der Waals surface area contributed by atoms with Gasteiger partial charge in [0.05, 0.1) is 7.11 Å². The third-order valence-electron chi connectivity index (χ3n) is 2.25. The highest BCUT2D eigenvalue weighted by molar-refractivity contribution is 5.68. The minimum atomic E-state index is -0.161. The number of carbonyl (C=O) groups is 1. The summed E-state index contributed by atoms with van der Waals surface area (Å²) in [7, 11) is 4.66. The Labute approximate surface area is 97.6 Å². The molecule has 0 atom stereocenters. The first kappa shape index (κ1) is 15.1. The molecule has 0 rings (SSSR count). The van der Waals surface area contributed by atoms with Gasteiger partial charge in [-0.1, -0.05) is 12.2 Å². The minimum Gasteiger partial charge on any atom is -0.469 e. The summed E-state index contributed by atoms with van der Waals surface area (Å²) in [6, 6.07) is 0. The molecule has 0 heterocycles. The van der Waals surface area contributed by atoms with Crippen molar-refractivity contribution in [1.82, 2.24) is 0 Å². The molecule has 0 aliphatic rings. The fourth-order valence-corrected chi connectivity index (χ4v) is 1.25. The molecule has 0 aliphatic heterocycles. The van der Waals surface area contributed by atoms with Crippen molar-refractivity contribution < 1.29 is 19.0 Å². The topological polar surface area (TPSA) is 44.8 Å². The van der Waals surface area contributed by atoms with E-state index in [4.69, 9.17) is 9.47 Å². The monoisotopic (exact) mass is 230 g/mol. The van der Waals surface area contributed by atoms with Crippen LogP contribution >= 0.6 is 0 Å². The number of rotatable bonds is 9. The van der Waals surface area contributed by atoms with E-state index in [0.717, 1.165) is 25.7 Å². The Kier molecular flexibility index (Phi) is 10.1. The third-order valence-corrected chi connectivity index (χ3v) is 2.25. The number of hydrogen-bond donors (Lipinski definition) is 0. The number of ether oxygens (including phenoxy) is 3. The van der Waals surface area contributed by atoms with E-state index in [1.807, 2.05) is 6.08 Å². The maximum atomic E-state index is 10.8. The molecule has 4 nitrogen and oxygen atoms in total.